The molecule has 1 aromatic heterocycles. The maximum absolute atomic E-state index is 11.7. The predicted octanol–water partition coefficient (Wildman–Crippen LogP) is 7.34. The van der Waals surface area contributed by atoms with Crippen LogP contribution in [0.15, 0.2) is 42.5 Å². The van der Waals surface area contributed by atoms with E-state index in [-0.39, 0.29) is 0 Å². The monoisotopic (exact) mass is 624 g/mol. The maximum Gasteiger partial charge on any atom is 0.124 e. The van der Waals surface area contributed by atoms with Gasteiger partial charge >= 0.3 is 0 Å². The van der Waals surface area contributed by atoms with Gasteiger partial charge in [-0.05, 0) is 49.2 Å². The lowest BCUT2D eigenvalue weighted by Gasteiger charge is -2.36. The summed E-state index contributed by atoms with van der Waals surface area (Å²) in [6.07, 6.45) is 5.90. The van der Waals surface area contributed by atoms with Crippen LogP contribution in [0.25, 0.3) is 10.4 Å². The first-order valence-corrected chi connectivity index (χ1v) is 18.5. The van der Waals surface area contributed by atoms with Crippen LogP contribution in [-0.2, 0) is 19.5 Å². The molecule has 42 heavy (non-hydrogen) atoms. The van der Waals surface area contributed by atoms with Crippen LogP contribution in [0.4, 0.5) is 0 Å². The van der Waals surface area contributed by atoms with Crippen molar-refractivity contribution in [2.45, 2.75) is 59.0 Å². The standard InChI is InChI=1S/C34H48N4OS3/c1-3-5-12-35-14-18-37(19-15-35)25-29-23-28(33-31(34(40)42-41-33)22-27-10-8-7-9-11-27)24-30(32(29)39)26-38-20-16-36(17-21-38)13-6-4-2/h7-11,23-24,39H,3-6,12-22,25-26H2,1-2H3. The molecule has 0 unspecified atom stereocenters. The first kappa shape index (κ1) is 31.8. The lowest BCUT2D eigenvalue weighted by atomic mass is 9.98. The summed E-state index contributed by atoms with van der Waals surface area (Å²) in [4.78, 5) is 11.5. The zero-order valence-corrected chi connectivity index (χ0v) is 28.0. The third-order valence-electron chi connectivity index (χ3n) is 8.85. The van der Waals surface area contributed by atoms with Gasteiger partial charge in [0, 0.05) is 88.6 Å². The number of phenols is 1. The summed E-state index contributed by atoms with van der Waals surface area (Å²) in [7, 11) is 3.50. The molecule has 8 heteroatoms. The van der Waals surface area contributed by atoms with Crippen molar-refractivity contribution in [2.75, 3.05) is 65.4 Å². The fourth-order valence-corrected chi connectivity index (χ4v) is 9.07. The number of phenolic OH excluding ortho intramolecular Hbond substituents is 1. The second-order valence-electron chi connectivity index (χ2n) is 12.0. The van der Waals surface area contributed by atoms with Gasteiger partial charge in [-0.2, -0.15) is 0 Å². The Morgan fingerprint density at radius 3 is 1.71 bits per heavy atom. The number of hydrogen-bond acceptors (Lipinski definition) is 8. The summed E-state index contributed by atoms with van der Waals surface area (Å²) >= 11 is 5.86. The Bertz CT molecular complexity index is 1260. The molecule has 0 radical (unpaired) electrons. The average Bonchev–Trinajstić information content (AvgIpc) is 3.38. The van der Waals surface area contributed by atoms with E-state index in [2.05, 4.69) is 75.9 Å². The van der Waals surface area contributed by atoms with Crippen molar-refractivity contribution in [3.05, 3.63) is 68.5 Å². The molecule has 2 fully saturated rings. The van der Waals surface area contributed by atoms with Gasteiger partial charge < -0.3 is 14.9 Å². The van der Waals surface area contributed by atoms with E-state index in [4.69, 9.17) is 12.2 Å². The van der Waals surface area contributed by atoms with E-state index in [1.165, 1.54) is 60.3 Å². The Morgan fingerprint density at radius 1 is 0.714 bits per heavy atom. The Kier molecular flexibility index (Phi) is 12.0. The summed E-state index contributed by atoms with van der Waals surface area (Å²) in [5.41, 5.74) is 5.87. The third-order valence-corrected chi connectivity index (χ3v) is 12.0. The Labute approximate surface area is 265 Å². The highest BCUT2D eigenvalue weighted by Crippen LogP contribution is 2.40. The average molecular weight is 625 g/mol. The molecule has 0 aliphatic carbocycles. The summed E-state index contributed by atoms with van der Waals surface area (Å²) in [6.45, 7) is 17.2. The van der Waals surface area contributed by atoms with Gasteiger partial charge in [0.05, 0.1) is 4.88 Å². The Balaban J connectivity index is 1.39. The molecular formula is C34H48N4OS3. The molecule has 2 aliphatic heterocycles. The van der Waals surface area contributed by atoms with E-state index < -0.39 is 0 Å². The Morgan fingerprint density at radius 2 is 1.21 bits per heavy atom. The molecule has 228 valence electrons. The maximum atomic E-state index is 11.7. The summed E-state index contributed by atoms with van der Waals surface area (Å²) < 4.78 is 0.987. The highest BCUT2D eigenvalue weighted by atomic mass is 32.9. The van der Waals surface area contributed by atoms with Crippen LogP contribution in [0, 0.1) is 3.82 Å². The highest BCUT2D eigenvalue weighted by molar-refractivity contribution is 7.80. The number of benzene rings is 2. The molecule has 2 saturated heterocycles. The van der Waals surface area contributed by atoms with E-state index in [9.17, 15) is 5.11 Å². The zero-order valence-electron chi connectivity index (χ0n) is 25.5. The molecule has 2 aliphatic rings. The number of unbranched alkanes of at least 4 members (excludes halogenated alkanes) is 2. The fourth-order valence-electron chi connectivity index (χ4n) is 6.17. The van der Waals surface area contributed by atoms with Crippen LogP contribution in [0.3, 0.4) is 0 Å². The van der Waals surface area contributed by atoms with Gasteiger partial charge in [-0.1, -0.05) is 89.9 Å². The fraction of sp³-hybridized carbons (Fsp3) is 0.559. The lowest BCUT2D eigenvalue weighted by molar-refractivity contribution is 0.123. The molecule has 3 aromatic rings. The van der Waals surface area contributed by atoms with Gasteiger partial charge in [-0.15, -0.1) is 0 Å². The summed E-state index contributed by atoms with van der Waals surface area (Å²) in [6, 6.07) is 15.2. The topological polar surface area (TPSA) is 33.2 Å². The normalized spacial score (nSPS) is 17.7. The first-order valence-electron chi connectivity index (χ1n) is 15.9. The van der Waals surface area contributed by atoms with Crippen molar-refractivity contribution >= 4 is 32.9 Å². The minimum Gasteiger partial charge on any atom is -0.507 e. The summed E-state index contributed by atoms with van der Waals surface area (Å²) in [5.74, 6) is 0.490. The lowest BCUT2D eigenvalue weighted by Crippen LogP contribution is -2.46. The largest absolute Gasteiger partial charge is 0.507 e. The third kappa shape index (κ3) is 8.50. The zero-order chi connectivity index (χ0) is 29.3. The number of nitrogens with zero attached hydrogens (tertiary/aromatic N) is 4. The molecule has 5 rings (SSSR count). The van der Waals surface area contributed by atoms with Crippen LogP contribution >= 0.6 is 32.9 Å². The van der Waals surface area contributed by atoms with Gasteiger partial charge in [0.15, 0.2) is 0 Å². The van der Waals surface area contributed by atoms with Gasteiger partial charge in [-0.3, -0.25) is 9.80 Å². The summed E-state index contributed by atoms with van der Waals surface area (Å²) in [5, 5.41) is 11.7. The molecular weight excluding hydrogens is 577 g/mol. The van der Waals surface area contributed by atoms with Crippen molar-refractivity contribution in [3.63, 3.8) is 0 Å². The van der Waals surface area contributed by atoms with Crippen molar-refractivity contribution in [1.29, 1.82) is 0 Å². The molecule has 2 aromatic carbocycles. The molecule has 0 amide bonds. The quantitative estimate of drug-likeness (QED) is 0.158. The Hall–Kier alpha value is -1.65. The second-order valence-corrected chi connectivity index (χ2v) is 14.8. The smallest absolute Gasteiger partial charge is 0.124 e. The van der Waals surface area contributed by atoms with Gasteiger partial charge in [0.1, 0.15) is 9.57 Å². The highest BCUT2D eigenvalue weighted by Gasteiger charge is 2.23. The molecule has 3 heterocycles. The molecule has 0 atom stereocenters. The number of piperazine rings is 2. The van der Waals surface area contributed by atoms with Crippen LogP contribution < -0.4 is 0 Å². The minimum atomic E-state index is 0.490. The van der Waals surface area contributed by atoms with Crippen LogP contribution in [-0.4, -0.2) is 90.2 Å². The second kappa shape index (κ2) is 15.9. The van der Waals surface area contributed by atoms with Crippen molar-refractivity contribution in [1.82, 2.24) is 19.6 Å². The van der Waals surface area contributed by atoms with E-state index in [1.807, 2.05) is 0 Å². The number of rotatable bonds is 13. The molecule has 0 spiro atoms. The van der Waals surface area contributed by atoms with E-state index in [1.54, 1.807) is 20.7 Å². The van der Waals surface area contributed by atoms with E-state index in [0.29, 0.717) is 5.75 Å². The van der Waals surface area contributed by atoms with Crippen LogP contribution in [0.2, 0.25) is 0 Å². The minimum absolute atomic E-state index is 0.490. The van der Waals surface area contributed by atoms with Crippen LogP contribution in [0.5, 0.6) is 5.75 Å². The molecule has 0 bridgehead atoms. The van der Waals surface area contributed by atoms with Gasteiger partial charge in [0.25, 0.3) is 0 Å². The first-order chi connectivity index (χ1) is 20.5. The van der Waals surface area contributed by atoms with Crippen molar-refractivity contribution < 1.29 is 5.11 Å². The van der Waals surface area contributed by atoms with Gasteiger partial charge in [0.2, 0.25) is 0 Å². The predicted molar refractivity (Wildman–Crippen MR) is 183 cm³/mol. The van der Waals surface area contributed by atoms with E-state index in [0.717, 1.165) is 86.8 Å². The van der Waals surface area contributed by atoms with Gasteiger partial charge in [-0.25, -0.2) is 0 Å². The van der Waals surface area contributed by atoms with Crippen molar-refractivity contribution in [2.24, 2.45) is 0 Å². The number of hydrogen-bond donors (Lipinski definition) is 1. The molecule has 0 saturated carbocycles. The number of aromatic hydroxyl groups is 1. The van der Waals surface area contributed by atoms with Crippen LogP contribution in [0.1, 0.15) is 61.8 Å². The molecule has 1 N–H and O–H groups in total. The van der Waals surface area contributed by atoms with E-state index >= 15 is 0 Å². The molecule has 5 nitrogen and oxygen atoms in total. The SMILES string of the molecule is CCCCN1CCN(Cc2cc(-c3ssc(=S)c3Cc3ccccc3)cc(CN3CCN(CCCC)CC3)c2O)CC1. The van der Waals surface area contributed by atoms with Crippen molar-refractivity contribution in [3.8, 4) is 16.2 Å².